The van der Waals surface area contributed by atoms with Gasteiger partial charge in [-0.05, 0) is 55.4 Å². The average molecular weight is 327 g/mol. The van der Waals surface area contributed by atoms with E-state index in [0.29, 0.717) is 11.5 Å². The second-order valence-corrected chi connectivity index (χ2v) is 5.50. The highest BCUT2D eigenvalue weighted by Crippen LogP contribution is 2.14. The van der Waals surface area contributed by atoms with Crippen molar-refractivity contribution in [3.63, 3.8) is 0 Å². The van der Waals surface area contributed by atoms with E-state index in [9.17, 15) is 4.79 Å². The van der Waals surface area contributed by atoms with Gasteiger partial charge in [0, 0.05) is 24.3 Å². The minimum absolute atomic E-state index is 0.0118. The van der Waals surface area contributed by atoms with E-state index < -0.39 is 0 Å². The highest BCUT2D eigenvalue weighted by molar-refractivity contribution is 7.80. The van der Waals surface area contributed by atoms with E-state index >= 15 is 0 Å². The number of nitrogens with one attached hydrogen (secondary N) is 3. The van der Waals surface area contributed by atoms with Crippen LogP contribution in [0.4, 0.5) is 11.4 Å². The van der Waals surface area contributed by atoms with Crippen LogP contribution in [0, 0.1) is 0 Å². The van der Waals surface area contributed by atoms with Crippen molar-refractivity contribution >= 4 is 34.6 Å². The van der Waals surface area contributed by atoms with Crippen molar-refractivity contribution in [2.45, 2.75) is 19.8 Å². The SMILES string of the molecule is CCNC(=S)Nc1ccc(NC(=O)CCc2ccccc2)cc1. The average Bonchev–Trinajstić information content (AvgIpc) is 2.56. The first kappa shape index (κ1) is 17.0. The summed E-state index contributed by atoms with van der Waals surface area (Å²) in [6.45, 7) is 2.77. The Hall–Kier alpha value is -2.40. The number of thiocarbonyl (C=S) groups is 1. The molecule has 0 saturated heterocycles. The zero-order chi connectivity index (χ0) is 16.5. The number of rotatable bonds is 6. The first-order valence-corrected chi connectivity index (χ1v) is 8.07. The fourth-order valence-electron chi connectivity index (χ4n) is 2.10. The van der Waals surface area contributed by atoms with Crippen molar-refractivity contribution in [2.24, 2.45) is 0 Å². The third-order valence-electron chi connectivity index (χ3n) is 3.25. The number of anilines is 2. The summed E-state index contributed by atoms with van der Waals surface area (Å²) >= 11 is 5.13. The number of aryl methyl sites for hydroxylation is 1. The van der Waals surface area contributed by atoms with Gasteiger partial charge in [-0.2, -0.15) is 0 Å². The summed E-state index contributed by atoms with van der Waals surface area (Å²) in [5, 5.41) is 9.59. The van der Waals surface area contributed by atoms with E-state index in [0.717, 1.165) is 24.3 Å². The Morgan fingerprint density at radius 1 is 0.957 bits per heavy atom. The standard InChI is InChI=1S/C18H21N3OS/c1-2-19-18(23)21-16-11-9-15(10-12-16)20-17(22)13-8-14-6-4-3-5-7-14/h3-7,9-12H,2,8,13H2,1H3,(H,20,22)(H2,19,21,23). The molecule has 0 atom stereocenters. The number of hydrogen-bond donors (Lipinski definition) is 3. The molecule has 0 saturated carbocycles. The predicted molar refractivity (Wildman–Crippen MR) is 99.7 cm³/mol. The van der Waals surface area contributed by atoms with Gasteiger partial charge in [0.1, 0.15) is 0 Å². The Labute approximate surface area is 142 Å². The highest BCUT2D eigenvalue weighted by Gasteiger charge is 2.03. The maximum absolute atomic E-state index is 12.0. The van der Waals surface area contributed by atoms with Gasteiger partial charge in [-0.25, -0.2) is 0 Å². The topological polar surface area (TPSA) is 53.2 Å². The van der Waals surface area contributed by atoms with E-state index in [1.54, 1.807) is 0 Å². The third kappa shape index (κ3) is 6.08. The van der Waals surface area contributed by atoms with Gasteiger partial charge in [-0.3, -0.25) is 4.79 Å². The van der Waals surface area contributed by atoms with Gasteiger partial charge < -0.3 is 16.0 Å². The Morgan fingerprint density at radius 3 is 2.17 bits per heavy atom. The molecular formula is C18H21N3OS. The van der Waals surface area contributed by atoms with Crippen LogP contribution < -0.4 is 16.0 Å². The van der Waals surface area contributed by atoms with Crippen LogP contribution in [0.25, 0.3) is 0 Å². The van der Waals surface area contributed by atoms with Gasteiger partial charge in [0.25, 0.3) is 0 Å². The molecule has 0 aliphatic rings. The van der Waals surface area contributed by atoms with Crippen molar-refractivity contribution in [3.8, 4) is 0 Å². The number of hydrogen-bond acceptors (Lipinski definition) is 2. The van der Waals surface area contributed by atoms with E-state index in [2.05, 4.69) is 16.0 Å². The Bertz CT molecular complexity index is 641. The van der Waals surface area contributed by atoms with Crippen LogP contribution in [-0.2, 0) is 11.2 Å². The van der Waals surface area contributed by atoms with Gasteiger partial charge in [0.15, 0.2) is 5.11 Å². The quantitative estimate of drug-likeness (QED) is 0.710. The van der Waals surface area contributed by atoms with E-state index in [4.69, 9.17) is 12.2 Å². The summed E-state index contributed by atoms with van der Waals surface area (Å²) in [5.74, 6) is 0.0118. The summed E-state index contributed by atoms with van der Waals surface area (Å²) < 4.78 is 0. The molecule has 0 radical (unpaired) electrons. The second-order valence-electron chi connectivity index (χ2n) is 5.10. The van der Waals surface area contributed by atoms with Crippen LogP contribution in [0.2, 0.25) is 0 Å². The van der Waals surface area contributed by atoms with Crippen LogP contribution in [0.5, 0.6) is 0 Å². The molecule has 2 rings (SSSR count). The molecule has 4 nitrogen and oxygen atoms in total. The lowest BCUT2D eigenvalue weighted by Gasteiger charge is -2.10. The van der Waals surface area contributed by atoms with Crippen LogP contribution in [0.3, 0.4) is 0 Å². The number of amides is 1. The van der Waals surface area contributed by atoms with Gasteiger partial charge in [-0.15, -0.1) is 0 Å². The zero-order valence-electron chi connectivity index (χ0n) is 13.1. The lowest BCUT2D eigenvalue weighted by molar-refractivity contribution is -0.116. The summed E-state index contributed by atoms with van der Waals surface area (Å²) in [5.41, 5.74) is 2.83. The maximum atomic E-state index is 12.0. The van der Waals surface area contributed by atoms with Crippen molar-refractivity contribution in [1.29, 1.82) is 0 Å². The third-order valence-corrected chi connectivity index (χ3v) is 3.49. The highest BCUT2D eigenvalue weighted by atomic mass is 32.1. The van der Waals surface area contributed by atoms with Crippen molar-refractivity contribution in [2.75, 3.05) is 17.2 Å². The molecule has 2 aromatic rings. The van der Waals surface area contributed by atoms with Crippen LogP contribution in [-0.4, -0.2) is 17.6 Å². The smallest absolute Gasteiger partial charge is 0.224 e. The molecule has 0 fully saturated rings. The van der Waals surface area contributed by atoms with Gasteiger partial charge in [0.2, 0.25) is 5.91 Å². The monoisotopic (exact) mass is 327 g/mol. The molecule has 0 spiro atoms. The van der Waals surface area contributed by atoms with Crippen molar-refractivity contribution < 1.29 is 4.79 Å². The van der Waals surface area contributed by atoms with Crippen LogP contribution in [0.1, 0.15) is 18.9 Å². The first-order valence-electron chi connectivity index (χ1n) is 7.66. The minimum atomic E-state index is 0.0118. The second kappa shape index (κ2) is 8.90. The Balaban J connectivity index is 1.80. The molecule has 0 aliphatic heterocycles. The summed E-state index contributed by atoms with van der Waals surface area (Å²) in [6, 6.07) is 17.5. The Morgan fingerprint density at radius 2 is 1.57 bits per heavy atom. The minimum Gasteiger partial charge on any atom is -0.363 e. The van der Waals surface area contributed by atoms with E-state index in [-0.39, 0.29) is 5.91 Å². The fourth-order valence-corrected chi connectivity index (χ4v) is 2.36. The number of benzene rings is 2. The molecule has 0 unspecified atom stereocenters. The van der Waals surface area contributed by atoms with Crippen molar-refractivity contribution in [1.82, 2.24) is 5.32 Å². The van der Waals surface area contributed by atoms with Crippen LogP contribution in [0.15, 0.2) is 54.6 Å². The zero-order valence-corrected chi connectivity index (χ0v) is 14.0. The first-order chi connectivity index (χ1) is 11.2. The normalized spacial score (nSPS) is 9.96. The number of carbonyl (C=O) groups excluding carboxylic acids is 1. The lowest BCUT2D eigenvalue weighted by atomic mass is 10.1. The molecular weight excluding hydrogens is 306 g/mol. The molecule has 0 aliphatic carbocycles. The Kier molecular flexibility index (Phi) is 6.56. The molecule has 23 heavy (non-hydrogen) atoms. The van der Waals surface area contributed by atoms with Crippen LogP contribution >= 0.6 is 12.2 Å². The van der Waals surface area contributed by atoms with E-state index in [1.165, 1.54) is 5.56 Å². The van der Waals surface area contributed by atoms with Gasteiger partial charge in [0.05, 0.1) is 0 Å². The van der Waals surface area contributed by atoms with Gasteiger partial charge >= 0.3 is 0 Å². The van der Waals surface area contributed by atoms with Crippen molar-refractivity contribution in [3.05, 3.63) is 60.2 Å². The molecule has 5 heteroatoms. The van der Waals surface area contributed by atoms with E-state index in [1.807, 2.05) is 61.5 Å². The largest absolute Gasteiger partial charge is 0.363 e. The summed E-state index contributed by atoms with van der Waals surface area (Å²) in [7, 11) is 0. The fraction of sp³-hybridized carbons (Fsp3) is 0.222. The van der Waals surface area contributed by atoms with Gasteiger partial charge in [-0.1, -0.05) is 30.3 Å². The molecule has 1 amide bonds. The molecule has 120 valence electrons. The molecule has 0 bridgehead atoms. The molecule has 0 aromatic heterocycles. The molecule has 0 heterocycles. The maximum Gasteiger partial charge on any atom is 0.224 e. The molecule has 2 aromatic carbocycles. The number of carbonyl (C=O) groups is 1. The predicted octanol–water partition coefficient (Wildman–Crippen LogP) is 3.56. The summed E-state index contributed by atoms with van der Waals surface area (Å²) in [6.07, 6.45) is 1.21. The summed E-state index contributed by atoms with van der Waals surface area (Å²) in [4.78, 5) is 12.0. The lowest BCUT2D eigenvalue weighted by Crippen LogP contribution is -2.27. The molecule has 3 N–H and O–H groups in total.